The van der Waals surface area contributed by atoms with Crippen LogP contribution in [-0.2, 0) is 9.96 Å². The number of quaternary nitrogens is 1. The van der Waals surface area contributed by atoms with Crippen LogP contribution in [0, 0.1) is 5.92 Å². The molecule has 1 heterocycles. The summed E-state index contributed by atoms with van der Waals surface area (Å²) in [5, 5.41) is 14.4. The highest BCUT2D eigenvalue weighted by atomic mass is 32.1. The molecule has 2 aliphatic rings. The molecule has 1 spiro atoms. The van der Waals surface area contributed by atoms with E-state index in [0.717, 1.165) is 34.5 Å². The molecule has 222 valence electrons. The van der Waals surface area contributed by atoms with Crippen LogP contribution >= 0.6 is 12.2 Å². The Hall–Kier alpha value is -2.88. The van der Waals surface area contributed by atoms with E-state index in [1.165, 1.54) is 0 Å². The van der Waals surface area contributed by atoms with Crippen molar-refractivity contribution in [2.75, 3.05) is 20.8 Å². The normalized spacial score (nSPS) is 25.0. The molecular formula is C34H43N2O4SSi+. The number of aliphatic hydroxyl groups is 1. The van der Waals surface area contributed by atoms with Crippen LogP contribution in [0.25, 0.3) is 11.1 Å². The van der Waals surface area contributed by atoms with Crippen LogP contribution in [0.15, 0.2) is 72.8 Å². The summed E-state index contributed by atoms with van der Waals surface area (Å²) in [6.07, 6.45) is 1.41. The van der Waals surface area contributed by atoms with Crippen LogP contribution in [0.1, 0.15) is 49.5 Å². The Morgan fingerprint density at radius 3 is 2.40 bits per heavy atom. The fraction of sp³-hybridized carbons (Fsp3) is 0.412. The number of hydrogen-bond donors (Lipinski definition) is 2. The van der Waals surface area contributed by atoms with Gasteiger partial charge in [0.25, 0.3) is 11.0 Å². The van der Waals surface area contributed by atoms with Gasteiger partial charge in [-0.15, -0.1) is 0 Å². The number of rotatable bonds is 6. The number of benzene rings is 3. The summed E-state index contributed by atoms with van der Waals surface area (Å²) in [4.78, 5) is 13.3. The number of carbonyl (C=O) groups excluding carboxylic acids is 1. The Balaban J connectivity index is 1.60. The van der Waals surface area contributed by atoms with Gasteiger partial charge in [0.1, 0.15) is 17.0 Å². The predicted molar refractivity (Wildman–Crippen MR) is 176 cm³/mol. The summed E-state index contributed by atoms with van der Waals surface area (Å²) in [5.74, 6) is 0.466. The number of thiocarbonyl (C=S) groups is 1. The van der Waals surface area contributed by atoms with Crippen molar-refractivity contribution in [1.29, 1.82) is 0 Å². The molecule has 1 amide bonds. The van der Waals surface area contributed by atoms with Crippen molar-refractivity contribution in [2.45, 2.75) is 63.4 Å². The zero-order valence-electron chi connectivity index (χ0n) is 25.7. The smallest absolute Gasteiger partial charge is 0.282 e. The van der Waals surface area contributed by atoms with Gasteiger partial charge in [-0.2, -0.15) is 0 Å². The highest BCUT2D eigenvalue weighted by Crippen LogP contribution is 2.64. The third kappa shape index (κ3) is 4.83. The minimum atomic E-state index is -2.08. The Bertz CT molecular complexity index is 1500. The minimum Gasteiger partial charge on any atom is -0.497 e. The summed E-state index contributed by atoms with van der Waals surface area (Å²) >= 11 is 6.08. The van der Waals surface area contributed by atoms with Crippen molar-refractivity contribution < 1.29 is 19.1 Å². The SMILES string of the molecule is COc1cccc(-c2ccc3c(c2)C2(CC(O[Si](C)(C)C(C)(C)C)CC2CO)[N+]3(C)C(=S)NC(=O)c2ccccc2)c1. The first kappa shape index (κ1) is 30.6. The van der Waals surface area contributed by atoms with Crippen LogP contribution in [-0.4, -0.2) is 51.3 Å². The van der Waals surface area contributed by atoms with Gasteiger partial charge in [-0.3, -0.25) is 10.1 Å². The lowest BCUT2D eigenvalue weighted by molar-refractivity contribution is 0.0596. The lowest BCUT2D eigenvalue weighted by Gasteiger charge is -2.59. The monoisotopic (exact) mass is 603 g/mol. The molecule has 1 saturated carbocycles. The number of amides is 1. The van der Waals surface area contributed by atoms with Crippen molar-refractivity contribution in [3.8, 4) is 16.9 Å². The van der Waals surface area contributed by atoms with Crippen LogP contribution in [0.3, 0.4) is 0 Å². The number of hydrogen-bond acceptors (Lipinski definition) is 5. The lowest BCUT2D eigenvalue weighted by Crippen LogP contribution is -2.75. The summed E-state index contributed by atoms with van der Waals surface area (Å²) < 4.78 is 12.7. The highest BCUT2D eigenvalue weighted by Gasteiger charge is 2.72. The first-order chi connectivity index (χ1) is 19.8. The second-order valence-corrected chi connectivity index (χ2v) is 18.5. The van der Waals surface area contributed by atoms with Gasteiger partial charge in [0.2, 0.25) is 0 Å². The molecular weight excluding hydrogens is 561 g/mol. The average Bonchev–Trinajstić information content (AvgIpc) is 3.36. The predicted octanol–water partition coefficient (Wildman–Crippen LogP) is 7.02. The zero-order valence-corrected chi connectivity index (χ0v) is 27.5. The maximum Gasteiger partial charge on any atom is 0.282 e. The van der Waals surface area contributed by atoms with E-state index in [1.54, 1.807) is 19.2 Å². The maximum absolute atomic E-state index is 13.3. The van der Waals surface area contributed by atoms with Crippen LogP contribution in [0.2, 0.25) is 18.1 Å². The van der Waals surface area contributed by atoms with Crippen molar-refractivity contribution in [2.24, 2.45) is 5.92 Å². The topological polar surface area (TPSA) is 67.8 Å². The molecule has 4 unspecified atom stereocenters. The standard InChI is InChI=1S/C34H42N2O4SSi/c1-33(2,3)42(6,7)40-28-20-26(22-37)34(21-28)29-19-25(24-14-11-15-27(18-24)39-5)16-17-30(29)36(34,4)32(41)35-31(38)23-12-9-8-10-13-23/h8-19,26,28,37H,20-22H2,1-7H3/p+1. The van der Waals surface area contributed by atoms with E-state index in [2.05, 4.69) is 70.5 Å². The van der Waals surface area contributed by atoms with Gasteiger partial charge in [0, 0.05) is 36.2 Å². The summed E-state index contributed by atoms with van der Waals surface area (Å²) in [5.41, 5.74) is 4.32. The molecule has 3 aromatic carbocycles. The molecule has 1 aliphatic heterocycles. The van der Waals surface area contributed by atoms with Gasteiger partial charge < -0.3 is 14.3 Å². The number of methoxy groups -OCH3 is 1. The van der Waals surface area contributed by atoms with Gasteiger partial charge >= 0.3 is 0 Å². The highest BCUT2D eigenvalue weighted by molar-refractivity contribution is 7.80. The van der Waals surface area contributed by atoms with E-state index >= 15 is 0 Å². The molecule has 0 saturated heterocycles. The molecule has 3 aromatic rings. The van der Waals surface area contributed by atoms with E-state index < -0.39 is 13.9 Å². The molecule has 0 aromatic heterocycles. The van der Waals surface area contributed by atoms with Crippen molar-refractivity contribution in [3.05, 3.63) is 83.9 Å². The summed E-state index contributed by atoms with van der Waals surface area (Å²) in [6.45, 7) is 11.3. The molecule has 5 rings (SSSR count). The van der Waals surface area contributed by atoms with Crippen molar-refractivity contribution >= 4 is 37.2 Å². The molecule has 4 atom stereocenters. The first-order valence-electron chi connectivity index (χ1n) is 14.6. The second-order valence-electron chi connectivity index (χ2n) is 13.3. The van der Waals surface area contributed by atoms with Crippen LogP contribution in [0.4, 0.5) is 5.69 Å². The fourth-order valence-corrected chi connectivity index (χ4v) is 8.44. The molecule has 1 fully saturated rings. The van der Waals surface area contributed by atoms with Crippen LogP contribution < -0.4 is 14.5 Å². The molecule has 0 bridgehead atoms. The van der Waals surface area contributed by atoms with E-state index in [-0.39, 0.29) is 34.1 Å². The molecule has 42 heavy (non-hydrogen) atoms. The number of nitrogens with zero attached hydrogens (tertiary/aromatic N) is 1. The van der Waals surface area contributed by atoms with Crippen molar-refractivity contribution in [3.63, 3.8) is 0 Å². The van der Waals surface area contributed by atoms with E-state index in [0.29, 0.717) is 17.1 Å². The largest absolute Gasteiger partial charge is 0.497 e. The van der Waals surface area contributed by atoms with Crippen molar-refractivity contribution in [1.82, 2.24) is 9.80 Å². The Morgan fingerprint density at radius 2 is 1.76 bits per heavy atom. The quantitative estimate of drug-likeness (QED) is 0.180. The van der Waals surface area contributed by atoms with Gasteiger partial charge in [0.15, 0.2) is 8.32 Å². The molecule has 2 N–H and O–H groups in total. The van der Waals surface area contributed by atoms with Gasteiger partial charge in [0.05, 0.1) is 32.4 Å². The average molecular weight is 604 g/mol. The number of nitrogens with one attached hydrogen (secondary N) is 1. The molecule has 1 aliphatic carbocycles. The van der Waals surface area contributed by atoms with Gasteiger partial charge in [-0.1, -0.05) is 51.1 Å². The number of carbonyl (C=O) groups is 1. The Labute approximate surface area is 256 Å². The maximum atomic E-state index is 13.3. The van der Waals surface area contributed by atoms with Gasteiger partial charge in [-0.25, -0.2) is 4.48 Å². The zero-order chi connectivity index (χ0) is 30.5. The van der Waals surface area contributed by atoms with E-state index in [1.807, 2.05) is 36.4 Å². The number of ether oxygens (including phenoxy) is 1. The summed E-state index contributed by atoms with van der Waals surface area (Å²) in [7, 11) is 1.68. The fourth-order valence-electron chi connectivity index (χ4n) is 6.71. The first-order valence-corrected chi connectivity index (χ1v) is 18.0. The molecule has 8 heteroatoms. The Morgan fingerprint density at radius 1 is 1.07 bits per heavy atom. The molecule has 6 nitrogen and oxygen atoms in total. The third-order valence-corrected chi connectivity index (χ3v) is 15.1. The Kier molecular flexibility index (Phi) is 8.00. The minimum absolute atomic E-state index is 0.00325. The lowest BCUT2D eigenvalue weighted by atomic mass is 9.68. The third-order valence-electron chi connectivity index (χ3n) is 10.1. The van der Waals surface area contributed by atoms with E-state index in [9.17, 15) is 9.90 Å². The number of fused-ring (bicyclic) bond motifs is 2. The number of aliphatic hydroxyl groups excluding tert-OH is 1. The second kappa shape index (κ2) is 11.0. The molecule has 0 radical (unpaired) electrons. The van der Waals surface area contributed by atoms with E-state index in [4.69, 9.17) is 21.4 Å². The van der Waals surface area contributed by atoms with Crippen LogP contribution in [0.5, 0.6) is 5.75 Å². The van der Waals surface area contributed by atoms with Gasteiger partial charge in [-0.05, 0) is 72.1 Å². The summed E-state index contributed by atoms with van der Waals surface area (Å²) in [6, 6.07) is 23.6.